The quantitative estimate of drug-likeness (QED) is 0.866. The minimum Gasteiger partial charge on any atom is -0.449 e. The smallest absolute Gasteiger partial charge is 0.243 e. The van der Waals surface area contributed by atoms with Gasteiger partial charge < -0.3 is 4.74 Å². The molecule has 1 aromatic heterocycles. The summed E-state index contributed by atoms with van der Waals surface area (Å²) in [5.41, 5.74) is 4.10. The van der Waals surface area contributed by atoms with E-state index in [-0.39, 0.29) is 5.91 Å². The largest absolute Gasteiger partial charge is 0.449 e. The first-order valence-electron chi connectivity index (χ1n) is 7.75. The fourth-order valence-corrected chi connectivity index (χ4v) is 2.99. The number of hydrogen-bond donors (Lipinski definition) is 1. The minimum absolute atomic E-state index is 0.145. The van der Waals surface area contributed by atoms with Crippen molar-refractivity contribution >= 4 is 27.7 Å². The average Bonchev–Trinajstić information content (AvgIpc) is 3.11. The van der Waals surface area contributed by atoms with Gasteiger partial charge in [0.05, 0.1) is 5.69 Å². The van der Waals surface area contributed by atoms with Gasteiger partial charge in [-0.15, -0.1) is 5.10 Å². The Labute approximate surface area is 149 Å². The highest BCUT2D eigenvalue weighted by atomic mass is 79.9. The third kappa shape index (κ3) is 3.36. The first-order valence-corrected chi connectivity index (χ1v) is 8.55. The van der Waals surface area contributed by atoms with Crippen molar-refractivity contribution in [1.29, 1.82) is 0 Å². The number of hydrogen-bond acceptors (Lipinski definition) is 4. The summed E-state index contributed by atoms with van der Waals surface area (Å²) in [6.07, 6.45) is 0.890. The molecule has 3 rings (SSSR count). The fourth-order valence-electron chi connectivity index (χ4n) is 2.73. The number of ether oxygens (including phenoxy) is 1. The van der Waals surface area contributed by atoms with Gasteiger partial charge in [-0.25, -0.2) is 0 Å². The molecule has 126 valence electrons. The molecule has 7 heteroatoms. The molecule has 0 spiro atoms. The van der Waals surface area contributed by atoms with Gasteiger partial charge in [-0.3, -0.25) is 9.89 Å². The molecule has 1 amide bonds. The number of carbonyl (C=O) groups is 1. The lowest BCUT2D eigenvalue weighted by Gasteiger charge is -2.19. The van der Waals surface area contributed by atoms with Gasteiger partial charge in [0.1, 0.15) is 0 Å². The number of nitrogens with zero attached hydrogens (tertiary/aromatic N) is 3. The zero-order chi connectivity index (χ0) is 17.3. The van der Waals surface area contributed by atoms with Crippen molar-refractivity contribution in [2.75, 3.05) is 0 Å². The highest BCUT2D eigenvalue weighted by Crippen LogP contribution is 2.30. The van der Waals surface area contributed by atoms with E-state index in [0.717, 1.165) is 27.8 Å². The lowest BCUT2D eigenvalue weighted by atomic mass is 10.1. The average molecular weight is 391 g/mol. The van der Waals surface area contributed by atoms with E-state index in [1.165, 1.54) is 17.5 Å². The van der Waals surface area contributed by atoms with Crippen molar-refractivity contribution in [2.45, 2.75) is 39.8 Å². The molecule has 6 nitrogen and oxygen atoms in total. The molecule has 1 unspecified atom stereocenters. The van der Waals surface area contributed by atoms with Crippen LogP contribution in [0.15, 0.2) is 33.8 Å². The molecule has 0 bridgehead atoms. The maximum Gasteiger partial charge on any atom is 0.243 e. The molecule has 1 aromatic carbocycles. The van der Waals surface area contributed by atoms with E-state index in [4.69, 9.17) is 4.74 Å². The second kappa shape index (κ2) is 6.76. The number of rotatable bonds is 4. The second-order valence-electron chi connectivity index (χ2n) is 5.79. The maximum atomic E-state index is 11.9. The van der Waals surface area contributed by atoms with Crippen LogP contribution in [0.2, 0.25) is 0 Å². The van der Waals surface area contributed by atoms with E-state index in [2.05, 4.69) is 31.2 Å². The third-order valence-corrected chi connectivity index (χ3v) is 4.57. The van der Waals surface area contributed by atoms with Crippen LogP contribution in [0.25, 0.3) is 0 Å². The molecule has 0 aliphatic carbocycles. The molecule has 1 N–H and O–H groups in total. The van der Waals surface area contributed by atoms with Crippen molar-refractivity contribution in [3.63, 3.8) is 0 Å². The van der Waals surface area contributed by atoms with Crippen LogP contribution in [0.3, 0.4) is 0 Å². The van der Waals surface area contributed by atoms with Gasteiger partial charge in [-0.05, 0) is 38.0 Å². The molecular formula is C17H19BrN4O2. The first kappa shape index (κ1) is 16.7. The number of benzene rings is 1. The zero-order valence-corrected chi connectivity index (χ0v) is 15.4. The molecule has 1 aliphatic rings. The van der Waals surface area contributed by atoms with Crippen LogP contribution in [-0.2, 0) is 16.0 Å². The number of aromatic nitrogens is 2. The first-order chi connectivity index (χ1) is 11.5. The Morgan fingerprint density at radius 2 is 2.00 bits per heavy atom. The molecule has 2 aromatic rings. The van der Waals surface area contributed by atoms with E-state index >= 15 is 0 Å². The monoisotopic (exact) mass is 390 g/mol. The highest BCUT2D eigenvalue weighted by Gasteiger charge is 2.32. The normalized spacial score (nSPS) is 16.9. The van der Waals surface area contributed by atoms with Crippen LogP contribution in [0, 0.1) is 13.8 Å². The summed E-state index contributed by atoms with van der Waals surface area (Å²) in [6, 6.07) is 7.70. The fraction of sp³-hybridized carbons (Fsp3) is 0.353. The Bertz CT molecular complexity index is 763. The van der Waals surface area contributed by atoms with Crippen molar-refractivity contribution < 1.29 is 9.53 Å². The van der Waals surface area contributed by atoms with Crippen LogP contribution in [-0.4, -0.2) is 27.0 Å². The molecule has 24 heavy (non-hydrogen) atoms. The molecule has 1 atom stereocenters. The molecule has 0 saturated carbocycles. The van der Waals surface area contributed by atoms with Gasteiger partial charge in [0.2, 0.25) is 18.0 Å². The predicted molar refractivity (Wildman–Crippen MR) is 94.3 cm³/mol. The molecule has 0 radical (unpaired) electrons. The Hall–Kier alpha value is -2.15. The summed E-state index contributed by atoms with van der Waals surface area (Å²) in [4.78, 5) is 11.9. The summed E-state index contributed by atoms with van der Waals surface area (Å²) in [5.74, 6) is 0.423. The Morgan fingerprint density at radius 3 is 2.58 bits per heavy atom. The summed E-state index contributed by atoms with van der Waals surface area (Å²) < 4.78 is 6.93. The zero-order valence-electron chi connectivity index (χ0n) is 13.8. The van der Waals surface area contributed by atoms with Gasteiger partial charge >= 0.3 is 0 Å². The predicted octanol–water partition coefficient (Wildman–Crippen LogP) is 3.61. The lowest BCUT2D eigenvalue weighted by molar-refractivity contribution is -0.135. The van der Waals surface area contributed by atoms with Crippen molar-refractivity contribution in [1.82, 2.24) is 15.2 Å². The Kier molecular flexibility index (Phi) is 4.71. The summed E-state index contributed by atoms with van der Waals surface area (Å²) in [7, 11) is 0. The second-order valence-corrected chi connectivity index (χ2v) is 6.71. The number of nitrogens with one attached hydrogen (secondary N) is 1. The van der Waals surface area contributed by atoms with Gasteiger partial charge in [-0.1, -0.05) is 28.1 Å². The Balaban J connectivity index is 1.74. The van der Waals surface area contributed by atoms with Gasteiger partial charge in [0, 0.05) is 29.1 Å². The van der Waals surface area contributed by atoms with E-state index < -0.39 is 6.23 Å². The SMILES string of the molecule is CC(=O)N1N=C(CCc2c(C)n[nH]c2C)OC1c1ccc(Br)cc1. The summed E-state index contributed by atoms with van der Waals surface area (Å²) >= 11 is 3.41. The maximum absolute atomic E-state index is 11.9. The number of halogens is 1. The van der Waals surface area contributed by atoms with E-state index in [1.54, 1.807) is 0 Å². The summed E-state index contributed by atoms with van der Waals surface area (Å²) in [5, 5.41) is 12.9. The van der Waals surface area contributed by atoms with Crippen molar-refractivity contribution in [3.05, 3.63) is 51.3 Å². The van der Waals surface area contributed by atoms with Crippen LogP contribution >= 0.6 is 15.9 Å². The molecule has 0 saturated heterocycles. The molecular weight excluding hydrogens is 372 g/mol. The highest BCUT2D eigenvalue weighted by molar-refractivity contribution is 9.10. The third-order valence-electron chi connectivity index (χ3n) is 4.04. The van der Waals surface area contributed by atoms with Crippen LogP contribution < -0.4 is 0 Å². The Morgan fingerprint density at radius 1 is 1.29 bits per heavy atom. The molecule has 0 fully saturated rings. The number of aromatic amines is 1. The number of amides is 1. The minimum atomic E-state index is -0.503. The van der Waals surface area contributed by atoms with Crippen LogP contribution in [0.4, 0.5) is 0 Å². The van der Waals surface area contributed by atoms with Gasteiger partial charge in [-0.2, -0.15) is 10.1 Å². The summed E-state index contributed by atoms with van der Waals surface area (Å²) in [6.45, 7) is 5.47. The number of H-pyrrole nitrogens is 1. The van der Waals surface area contributed by atoms with Crippen LogP contribution in [0.1, 0.15) is 42.1 Å². The topological polar surface area (TPSA) is 70.6 Å². The van der Waals surface area contributed by atoms with Crippen molar-refractivity contribution in [3.8, 4) is 0 Å². The van der Waals surface area contributed by atoms with Gasteiger partial charge in [0.15, 0.2) is 0 Å². The lowest BCUT2D eigenvalue weighted by Crippen LogP contribution is -2.25. The number of carbonyl (C=O) groups excluding carboxylic acids is 1. The van der Waals surface area contributed by atoms with Crippen molar-refractivity contribution in [2.24, 2.45) is 5.10 Å². The standard InChI is InChI=1S/C17H19BrN4O2/c1-10-15(11(2)20-19-10)8-9-16-21-22(12(3)23)17(24-16)13-4-6-14(18)7-5-13/h4-7,17H,8-9H2,1-3H3,(H,19,20). The molecule has 2 heterocycles. The van der Waals surface area contributed by atoms with E-state index in [1.807, 2.05) is 38.1 Å². The number of aryl methyl sites for hydroxylation is 2. The van der Waals surface area contributed by atoms with Crippen LogP contribution in [0.5, 0.6) is 0 Å². The van der Waals surface area contributed by atoms with E-state index in [9.17, 15) is 4.79 Å². The van der Waals surface area contributed by atoms with E-state index in [0.29, 0.717) is 12.3 Å². The molecule has 1 aliphatic heterocycles. The number of hydrazone groups is 1. The van der Waals surface area contributed by atoms with Gasteiger partial charge in [0.25, 0.3) is 0 Å².